The van der Waals surface area contributed by atoms with Crippen molar-refractivity contribution in [2.75, 3.05) is 6.61 Å². The van der Waals surface area contributed by atoms with Crippen LogP contribution in [0.3, 0.4) is 0 Å². The Morgan fingerprint density at radius 2 is 1.95 bits per heavy atom. The molecule has 0 aliphatic carbocycles. The number of halogens is 3. The number of para-hydroxylation sites is 1. The predicted octanol–water partition coefficient (Wildman–Crippen LogP) is 2.47. The maximum atomic E-state index is 12.6. The second-order valence-corrected chi connectivity index (χ2v) is 3.59. The molecule has 0 N–H and O–H groups in total. The van der Waals surface area contributed by atoms with Crippen molar-refractivity contribution >= 4 is 6.29 Å². The third-order valence-corrected chi connectivity index (χ3v) is 2.27. The molecular formula is C12H9F3N2O2. The number of hydrogen-bond donors (Lipinski definition) is 0. The Balaban J connectivity index is 2.45. The van der Waals surface area contributed by atoms with Gasteiger partial charge < -0.3 is 4.74 Å². The van der Waals surface area contributed by atoms with Crippen molar-refractivity contribution < 1.29 is 22.7 Å². The van der Waals surface area contributed by atoms with Crippen LogP contribution in [0, 0.1) is 0 Å². The van der Waals surface area contributed by atoms with Crippen LogP contribution in [0.15, 0.2) is 36.4 Å². The van der Waals surface area contributed by atoms with Gasteiger partial charge in [-0.25, -0.2) is 4.68 Å². The molecule has 0 aliphatic heterocycles. The first kappa shape index (κ1) is 13.1. The van der Waals surface area contributed by atoms with Crippen LogP contribution in [0.25, 0.3) is 5.69 Å². The molecule has 7 heteroatoms. The van der Waals surface area contributed by atoms with Crippen LogP contribution in [0.5, 0.6) is 5.88 Å². The SMILES string of the molecule is O=CCOc1cc(C(F)(F)F)nn1-c1ccccc1. The fourth-order valence-electron chi connectivity index (χ4n) is 1.48. The lowest BCUT2D eigenvalue weighted by Gasteiger charge is -2.06. The van der Waals surface area contributed by atoms with Crippen molar-refractivity contribution in [3.05, 3.63) is 42.1 Å². The van der Waals surface area contributed by atoms with Gasteiger partial charge in [0.1, 0.15) is 6.61 Å². The molecule has 0 unspecified atom stereocenters. The summed E-state index contributed by atoms with van der Waals surface area (Å²) in [7, 11) is 0. The van der Waals surface area contributed by atoms with E-state index in [-0.39, 0.29) is 12.5 Å². The maximum absolute atomic E-state index is 12.6. The molecule has 4 nitrogen and oxygen atoms in total. The second-order valence-electron chi connectivity index (χ2n) is 3.59. The van der Waals surface area contributed by atoms with Gasteiger partial charge in [0, 0.05) is 6.07 Å². The molecule has 0 amide bonds. The molecular weight excluding hydrogens is 261 g/mol. The first-order valence-electron chi connectivity index (χ1n) is 5.31. The summed E-state index contributed by atoms with van der Waals surface area (Å²) in [6.45, 7) is -0.337. The zero-order chi connectivity index (χ0) is 13.9. The van der Waals surface area contributed by atoms with Gasteiger partial charge in [-0.2, -0.15) is 18.3 Å². The van der Waals surface area contributed by atoms with Crippen LogP contribution in [-0.2, 0) is 11.0 Å². The van der Waals surface area contributed by atoms with Crippen LogP contribution in [0.4, 0.5) is 13.2 Å². The van der Waals surface area contributed by atoms with E-state index in [0.29, 0.717) is 12.0 Å². The number of benzene rings is 1. The molecule has 0 atom stereocenters. The molecule has 19 heavy (non-hydrogen) atoms. The monoisotopic (exact) mass is 270 g/mol. The maximum Gasteiger partial charge on any atom is 0.435 e. The highest BCUT2D eigenvalue weighted by Crippen LogP contribution is 2.31. The molecule has 0 aliphatic rings. The third kappa shape index (κ3) is 2.93. The lowest BCUT2D eigenvalue weighted by molar-refractivity contribution is -0.141. The summed E-state index contributed by atoms with van der Waals surface area (Å²) in [4.78, 5) is 10.3. The number of hydrogen-bond acceptors (Lipinski definition) is 3. The van der Waals surface area contributed by atoms with Gasteiger partial charge in [-0.3, -0.25) is 4.79 Å². The number of rotatable bonds is 4. The molecule has 0 saturated heterocycles. The smallest absolute Gasteiger partial charge is 0.435 e. The fourth-order valence-corrected chi connectivity index (χ4v) is 1.48. The van der Waals surface area contributed by atoms with Gasteiger partial charge in [0.15, 0.2) is 12.0 Å². The predicted molar refractivity (Wildman–Crippen MR) is 60.1 cm³/mol. The van der Waals surface area contributed by atoms with E-state index in [4.69, 9.17) is 4.74 Å². The third-order valence-electron chi connectivity index (χ3n) is 2.27. The molecule has 0 fully saturated rings. The van der Waals surface area contributed by atoms with Gasteiger partial charge in [-0.1, -0.05) is 18.2 Å². The van der Waals surface area contributed by atoms with Crippen molar-refractivity contribution in [3.8, 4) is 11.6 Å². The van der Waals surface area contributed by atoms with E-state index in [1.54, 1.807) is 30.3 Å². The van der Waals surface area contributed by atoms with E-state index >= 15 is 0 Å². The van der Waals surface area contributed by atoms with Crippen molar-refractivity contribution in [3.63, 3.8) is 0 Å². The number of nitrogens with zero attached hydrogens (tertiary/aromatic N) is 2. The van der Waals surface area contributed by atoms with E-state index in [2.05, 4.69) is 5.10 Å². The Hall–Kier alpha value is -2.31. The lowest BCUT2D eigenvalue weighted by atomic mass is 10.3. The minimum Gasteiger partial charge on any atom is -0.470 e. The zero-order valence-electron chi connectivity index (χ0n) is 9.59. The van der Waals surface area contributed by atoms with Gasteiger partial charge >= 0.3 is 6.18 Å². The zero-order valence-corrected chi connectivity index (χ0v) is 9.59. The molecule has 2 rings (SSSR count). The van der Waals surface area contributed by atoms with Crippen molar-refractivity contribution in [2.45, 2.75) is 6.18 Å². The van der Waals surface area contributed by atoms with Gasteiger partial charge in [-0.15, -0.1) is 0 Å². The molecule has 2 aromatic rings. The molecule has 0 spiro atoms. The van der Waals surface area contributed by atoms with Crippen LogP contribution in [0.1, 0.15) is 5.69 Å². The molecule has 100 valence electrons. The first-order chi connectivity index (χ1) is 9.02. The number of aromatic nitrogens is 2. The number of alkyl halides is 3. The summed E-state index contributed by atoms with van der Waals surface area (Å²) < 4.78 is 43.8. The summed E-state index contributed by atoms with van der Waals surface area (Å²) in [5, 5.41) is 3.46. The van der Waals surface area contributed by atoms with Gasteiger partial charge in [0.2, 0.25) is 5.88 Å². The number of carbonyl (C=O) groups excluding carboxylic acids is 1. The lowest BCUT2D eigenvalue weighted by Crippen LogP contribution is -2.07. The summed E-state index contributed by atoms with van der Waals surface area (Å²) in [5.74, 6) is -0.134. The Kier molecular flexibility index (Phi) is 3.55. The highest BCUT2D eigenvalue weighted by Gasteiger charge is 2.35. The summed E-state index contributed by atoms with van der Waals surface area (Å²) in [5.41, 5.74) is -0.656. The van der Waals surface area contributed by atoms with Crippen LogP contribution >= 0.6 is 0 Å². The van der Waals surface area contributed by atoms with E-state index < -0.39 is 11.9 Å². The van der Waals surface area contributed by atoms with Gasteiger partial charge in [0.05, 0.1) is 5.69 Å². The highest BCUT2D eigenvalue weighted by molar-refractivity contribution is 5.51. The number of carbonyl (C=O) groups is 1. The van der Waals surface area contributed by atoms with E-state index in [1.807, 2.05) is 0 Å². The minimum absolute atomic E-state index is 0.134. The second kappa shape index (κ2) is 5.13. The van der Waals surface area contributed by atoms with Crippen LogP contribution in [0.2, 0.25) is 0 Å². The Labute approximate surface area is 106 Å². The van der Waals surface area contributed by atoms with Gasteiger partial charge in [-0.05, 0) is 12.1 Å². The Bertz CT molecular complexity index is 564. The summed E-state index contributed by atoms with van der Waals surface area (Å²) in [6.07, 6.45) is -4.12. The average molecular weight is 270 g/mol. The average Bonchev–Trinajstić information content (AvgIpc) is 2.81. The molecule has 0 bridgehead atoms. The quantitative estimate of drug-likeness (QED) is 0.802. The van der Waals surface area contributed by atoms with Crippen molar-refractivity contribution in [1.29, 1.82) is 0 Å². The standard InChI is InChI=1S/C12H9F3N2O2/c13-12(14,15)10-8-11(19-7-6-18)17(16-10)9-4-2-1-3-5-9/h1-6,8H,7H2. The molecule has 0 radical (unpaired) electrons. The number of aldehydes is 1. The number of ether oxygens (including phenoxy) is 1. The molecule has 0 saturated carbocycles. The first-order valence-corrected chi connectivity index (χ1v) is 5.31. The van der Waals surface area contributed by atoms with E-state index in [0.717, 1.165) is 10.7 Å². The van der Waals surface area contributed by atoms with Gasteiger partial charge in [0.25, 0.3) is 0 Å². The highest BCUT2D eigenvalue weighted by atomic mass is 19.4. The van der Waals surface area contributed by atoms with Crippen molar-refractivity contribution in [2.24, 2.45) is 0 Å². The van der Waals surface area contributed by atoms with Crippen LogP contribution in [-0.4, -0.2) is 22.7 Å². The normalized spacial score (nSPS) is 11.3. The molecule has 1 aromatic heterocycles. The largest absolute Gasteiger partial charge is 0.470 e. The Morgan fingerprint density at radius 1 is 1.26 bits per heavy atom. The summed E-state index contributed by atoms with van der Waals surface area (Å²) >= 11 is 0. The topological polar surface area (TPSA) is 44.1 Å². The van der Waals surface area contributed by atoms with E-state index in [9.17, 15) is 18.0 Å². The Morgan fingerprint density at radius 3 is 2.53 bits per heavy atom. The fraction of sp³-hybridized carbons (Fsp3) is 0.167. The minimum atomic E-state index is -4.57. The summed E-state index contributed by atoms with van der Waals surface area (Å²) in [6, 6.07) is 8.98. The van der Waals surface area contributed by atoms with Crippen LogP contribution < -0.4 is 4.74 Å². The molecule has 1 heterocycles. The van der Waals surface area contributed by atoms with Crippen molar-refractivity contribution in [1.82, 2.24) is 9.78 Å². The van der Waals surface area contributed by atoms with E-state index in [1.165, 1.54) is 0 Å². The molecule has 1 aromatic carbocycles.